The zero-order valence-electron chi connectivity index (χ0n) is 28.4. The zero-order valence-corrected chi connectivity index (χ0v) is 28.4. The SMILES string of the molecule is COC(=O)N[C@H](C(=O)Nc1ncccc1CC[C@@H]1CN(C(=O)O)[C@H](COC(=O)NCc2ccc(F)cc2)CO1)C(c1ccccc1)c1ccccc1. The van der Waals surface area contributed by atoms with Crippen molar-refractivity contribution in [1.82, 2.24) is 20.5 Å². The maximum atomic E-state index is 14.0. The number of amides is 4. The Balaban J connectivity index is 1.21. The molecule has 272 valence electrons. The van der Waals surface area contributed by atoms with E-state index in [1.165, 1.54) is 42.5 Å². The molecule has 14 heteroatoms. The van der Waals surface area contributed by atoms with Crippen molar-refractivity contribution in [1.29, 1.82) is 0 Å². The van der Waals surface area contributed by atoms with Crippen LogP contribution in [0.15, 0.2) is 103 Å². The van der Waals surface area contributed by atoms with Gasteiger partial charge >= 0.3 is 18.3 Å². The number of carbonyl (C=O) groups is 4. The Morgan fingerprint density at radius 1 is 0.942 bits per heavy atom. The number of nitrogens with zero attached hydrogens (tertiary/aromatic N) is 2. The van der Waals surface area contributed by atoms with Gasteiger partial charge in [0.05, 0.1) is 32.4 Å². The summed E-state index contributed by atoms with van der Waals surface area (Å²) in [7, 11) is 1.23. The van der Waals surface area contributed by atoms with E-state index in [4.69, 9.17) is 14.2 Å². The predicted octanol–water partition coefficient (Wildman–Crippen LogP) is 5.32. The minimum absolute atomic E-state index is 0.0000789. The van der Waals surface area contributed by atoms with E-state index in [9.17, 15) is 28.7 Å². The fourth-order valence-electron chi connectivity index (χ4n) is 5.95. The lowest BCUT2D eigenvalue weighted by Crippen LogP contribution is -2.54. The number of carbonyl (C=O) groups excluding carboxylic acids is 3. The molecular formula is C38H40FN5O8. The van der Waals surface area contributed by atoms with E-state index in [2.05, 4.69) is 20.9 Å². The van der Waals surface area contributed by atoms with Crippen LogP contribution in [0.2, 0.25) is 0 Å². The number of aromatic nitrogens is 1. The first-order valence-corrected chi connectivity index (χ1v) is 16.7. The summed E-state index contributed by atoms with van der Waals surface area (Å²) in [5.74, 6) is -1.19. The quantitative estimate of drug-likeness (QED) is 0.143. The number of carboxylic acid groups (broad SMARTS) is 1. The normalized spacial score (nSPS) is 16.0. The van der Waals surface area contributed by atoms with E-state index in [1.54, 1.807) is 12.1 Å². The Labute approximate surface area is 300 Å². The van der Waals surface area contributed by atoms with Crippen LogP contribution in [-0.4, -0.2) is 84.2 Å². The van der Waals surface area contributed by atoms with Gasteiger partial charge in [0.15, 0.2) is 0 Å². The van der Waals surface area contributed by atoms with Gasteiger partial charge in [-0.3, -0.25) is 9.69 Å². The van der Waals surface area contributed by atoms with Crippen molar-refractivity contribution >= 4 is 30.0 Å². The number of rotatable bonds is 13. The highest BCUT2D eigenvalue weighted by atomic mass is 19.1. The maximum absolute atomic E-state index is 14.0. The molecule has 0 radical (unpaired) electrons. The Hall–Kier alpha value is -6.02. The summed E-state index contributed by atoms with van der Waals surface area (Å²) in [4.78, 5) is 56.6. The van der Waals surface area contributed by atoms with Crippen LogP contribution in [-0.2, 0) is 32.0 Å². The fourth-order valence-corrected chi connectivity index (χ4v) is 5.95. The Kier molecular flexibility index (Phi) is 13.1. The largest absolute Gasteiger partial charge is 0.465 e. The Bertz CT molecular complexity index is 1760. The maximum Gasteiger partial charge on any atom is 0.407 e. The topological polar surface area (TPSA) is 168 Å². The molecule has 0 bridgehead atoms. The van der Waals surface area contributed by atoms with E-state index < -0.39 is 54.1 Å². The highest BCUT2D eigenvalue weighted by Gasteiger charge is 2.35. The van der Waals surface area contributed by atoms with Crippen LogP contribution in [0.4, 0.5) is 24.6 Å². The molecule has 1 aliphatic heterocycles. The number of halogens is 1. The molecule has 1 aromatic heterocycles. The van der Waals surface area contributed by atoms with Crippen LogP contribution < -0.4 is 16.0 Å². The lowest BCUT2D eigenvalue weighted by molar-refractivity contribution is -0.118. The van der Waals surface area contributed by atoms with E-state index in [-0.39, 0.29) is 32.1 Å². The third-order valence-electron chi connectivity index (χ3n) is 8.63. The highest BCUT2D eigenvalue weighted by molar-refractivity contribution is 5.97. The van der Waals surface area contributed by atoms with Crippen molar-refractivity contribution in [2.24, 2.45) is 0 Å². The molecule has 1 saturated heterocycles. The third kappa shape index (κ3) is 10.3. The lowest BCUT2D eigenvalue weighted by atomic mass is 9.84. The number of alkyl carbamates (subject to hydrolysis) is 2. The van der Waals surface area contributed by atoms with Crippen LogP contribution in [0, 0.1) is 5.82 Å². The van der Waals surface area contributed by atoms with Gasteiger partial charge in [-0.1, -0.05) is 78.9 Å². The average molecular weight is 714 g/mol. The molecule has 3 aromatic carbocycles. The summed E-state index contributed by atoms with van der Waals surface area (Å²) < 4.78 is 29.2. The second-order valence-corrected chi connectivity index (χ2v) is 12.1. The third-order valence-corrected chi connectivity index (χ3v) is 8.63. The number of aryl methyl sites for hydroxylation is 1. The lowest BCUT2D eigenvalue weighted by Gasteiger charge is -2.37. The van der Waals surface area contributed by atoms with Crippen molar-refractivity contribution in [2.75, 3.05) is 32.2 Å². The second kappa shape index (κ2) is 18.3. The number of hydrogen-bond acceptors (Lipinski definition) is 8. The first-order chi connectivity index (χ1) is 25.2. The molecule has 0 spiro atoms. The van der Waals surface area contributed by atoms with Gasteiger partial charge in [-0.25, -0.2) is 23.8 Å². The van der Waals surface area contributed by atoms with E-state index >= 15 is 0 Å². The first kappa shape index (κ1) is 37.2. The fraction of sp³-hybridized carbons (Fsp3) is 0.289. The van der Waals surface area contributed by atoms with Crippen LogP contribution in [0.5, 0.6) is 0 Å². The molecule has 0 aliphatic carbocycles. The van der Waals surface area contributed by atoms with E-state index in [1.807, 2.05) is 60.7 Å². The van der Waals surface area contributed by atoms with Gasteiger partial charge in [-0.05, 0) is 53.3 Å². The van der Waals surface area contributed by atoms with Crippen molar-refractivity contribution in [3.8, 4) is 0 Å². The molecule has 2 heterocycles. The number of anilines is 1. The van der Waals surface area contributed by atoms with Crippen molar-refractivity contribution < 1.29 is 42.9 Å². The average Bonchev–Trinajstić information content (AvgIpc) is 3.17. The monoisotopic (exact) mass is 713 g/mol. The molecule has 4 aromatic rings. The molecule has 52 heavy (non-hydrogen) atoms. The van der Waals surface area contributed by atoms with Crippen molar-refractivity contribution in [2.45, 2.75) is 43.5 Å². The van der Waals surface area contributed by atoms with Crippen LogP contribution in [0.25, 0.3) is 0 Å². The molecule has 1 fully saturated rings. The van der Waals surface area contributed by atoms with Gasteiger partial charge in [0, 0.05) is 18.7 Å². The predicted molar refractivity (Wildman–Crippen MR) is 188 cm³/mol. The second-order valence-electron chi connectivity index (χ2n) is 12.1. The van der Waals surface area contributed by atoms with Gasteiger partial charge in [-0.2, -0.15) is 0 Å². The molecule has 0 saturated carbocycles. The molecule has 1 aliphatic rings. The molecule has 3 atom stereocenters. The zero-order chi connectivity index (χ0) is 36.9. The standard InChI is InChI=1S/C38H40FN5O8/c1-50-37(47)42-33(32(26-9-4-2-5-10-26)27-11-6-3-7-12-27)35(45)43-34-28(13-8-20-40-34)16-19-31-22-44(38(48)49)30(23-51-31)24-52-36(46)41-21-25-14-17-29(39)18-15-25/h2-15,17-18,20,30-33H,16,19,21-24H2,1H3,(H,41,46)(H,42,47)(H,48,49)(H,40,43,45)/t30-,31+,33-/m0/s1. The van der Waals surface area contributed by atoms with Gasteiger partial charge in [-0.15, -0.1) is 0 Å². The first-order valence-electron chi connectivity index (χ1n) is 16.7. The number of benzene rings is 3. The minimum Gasteiger partial charge on any atom is -0.465 e. The van der Waals surface area contributed by atoms with Crippen molar-refractivity contribution in [3.63, 3.8) is 0 Å². The smallest absolute Gasteiger partial charge is 0.407 e. The molecular weight excluding hydrogens is 673 g/mol. The number of hydrogen-bond donors (Lipinski definition) is 4. The van der Waals surface area contributed by atoms with Crippen LogP contribution >= 0.6 is 0 Å². The summed E-state index contributed by atoms with van der Waals surface area (Å²) in [5, 5.41) is 18.1. The number of nitrogens with one attached hydrogen (secondary N) is 3. The Morgan fingerprint density at radius 3 is 2.25 bits per heavy atom. The molecule has 13 nitrogen and oxygen atoms in total. The molecule has 4 N–H and O–H groups in total. The van der Waals surface area contributed by atoms with E-state index in [0.29, 0.717) is 24.0 Å². The van der Waals surface area contributed by atoms with Crippen LogP contribution in [0.3, 0.4) is 0 Å². The number of morpholine rings is 1. The summed E-state index contributed by atoms with van der Waals surface area (Å²) >= 11 is 0. The highest BCUT2D eigenvalue weighted by Crippen LogP contribution is 2.30. The summed E-state index contributed by atoms with van der Waals surface area (Å²) in [6.07, 6.45) is -0.876. The minimum atomic E-state index is -1.18. The van der Waals surface area contributed by atoms with Gasteiger partial charge < -0.3 is 35.3 Å². The number of pyridine rings is 1. The summed E-state index contributed by atoms with van der Waals surface area (Å²) in [5.41, 5.74) is 2.96. The number of ether oxygens (including phenoxy) is 3. The van der Waals surface area contributed by atoms with E-state index in [0.717, 1.165) is 11.1 Å². The summed E-state index contributed by atoms with van der Waals surface area (Å²) in [6.45, 7) is -0.0742. The molecule has 4 amide bonds. The van der Waals surface area contributed by atoms with Crippen molar-refractivity contribution in [3.05, 3.63) is 131 Å². The van der Waals surface area contributed by atoms with Gasteiger partial charge in [0.2, 0.25) is 5.91 Å². The summed E-state index contributed by atoms with van der Waals surface area (Å²) in [6, 6.07) is 26.1. The Morgan fingerprint density at radius 2 is 1.62 bits per heavy atom. The molecule has 0 unspecified atom stereocenters. The van der Waals surface area contributed by atoms with Crippen LogP contribution in [0.1, 0.15) is 34.6 Å². The molecule has 5 rings (SSSR count). The van der Waals surface area contributed by atoms with Gasteiger partial charge in [0.1, 0.15) is 24.3 Å². The number of methoxy groups -OCH3 is 1. The van der Waals surface area contributed by atoms with Gasteiger partial charge in [0.25, 0.3) is 0 Å².